The summed E-state index contributed by atoms with van der Waals surface area (Å²) in [5, 5.41) is 13.4. The zero-order valence-electron chi connectivity index (χ0n) is 11.4. The Hall–Kier alpha value is -0.380. The van der Waals surface area contributed by atoms with Crippen LogP contribution in [0.4, 0.5) is 0 Å². The average molecular weight is 255 g/mol. The number of thiophene rings is 1. The molecular formula is C14H25NOS. The quantitative estimate of drug-likeness (QED) is 0.784. The monoisotopic (exact) mass is 255 g/mol. The summed E-state index contributed by atoms with van der Waals surface area (Å²) in [6.07, 6.45) is 1.89. The van der Waals surface area contributed by atoms with Crippen molar-refractivity contribution < 1.29 is 5.11 Å². The highest BCUT2D eigenvalue weighted by molar-refractivity contribution is 7.12. The minimum absolute atomic E-state index is 0.218. The fraction of sp³-hybridized carbons (Fsp3) is 0.714. The van der Waals surface area contributed by atoms with E-state index in [1.807, 2.05) is 11.3 Å². The van der Waals surface area contributed by atoms with Crippen molar-refractivity contribution in [1.82, 2.24) is 5.32 Å². The second-order valence-electron chi connectivity index (χ2n) is 4.71. The maximum absolute atomic E-state index is 10.0. The van der Waals surface area contributed by atoms with E-state index in [4.69, 9.17) is 0 Å². The number of aliphatic hydroxyl groups excluding tert-OH is 1. The molecule has 0 saturated heterocycles. The Balaban J connectivity index is 2.35. The van der Waals surface area contributed by atoms with E-state index in [9.17, 15) is 5.11 Å². The van der Waals surface area contributed by atoms with E-state index in [1.54, 1.807) is 0 Å². The first kappa shape index (κ1) is 14.7. The Kier molecular flexibility index (Phi) is 6.17. The normalized spacial score (nSPS) is 13.3. The molecule has 2 N–H and O–H groups in total. The maximum Gasteiger partial charge on any atom is 0.0692 e. The zero-order chi connectivity index (χ0) is 12.8. The van der Waals surface area contributed by atoms with Crippen molar-refractivity contribution in [2.45, 2.75) is 53.2 Å². The average Bonchev–Trinajstić information content (AvgIpc) is 2.59. The van der Waals surface area contributed by atoms with E-state index in [2.05, 4.69) is 39.1 Å². The third-order valence-electron chi connectivity index (χ3n) is 3.41. The summed E-state index contributed by atoms with van der Waals surface area (Å²) in [6, 6.07) is 2.23. The zero-order valence-corrected chi connectivity index (χ0v) is 12.2. The van der Waals surface area contributed by atoms with Gasteiger partial charge in [0.15, 0.2) is 0 Å². The van der Waals surface area contributed by atoms with Crippen molar-refractivity contribution in [1.29, 1.82) is 0 Å². The topological polar surface area (TPSA) is 32.3 Å². The van der Waals surface area contributed by atoms with Crippen molar-refractivity contribution in [3.8, 4) is 0 Å². The molecule has 0 bridgehead atoms. The van der Waals surface area contributed by atoms with Crippen molar-refractivity contribution in [2.24, 2.45) is 5.92 Å². The molecule has 0 amide bonds. The lowest BCUT2D eigenvalue weighted by Gasteiger charge is -2.20. The maximum atomic E-state index is 10.0. The molecule has 0 aliphatic rings. The summed E-state index contributed by atoms with van der Waals surface area (Å²) >= 11 is 1.84. The molecule has 98 valence electrons. The largest absolute Gasteiger partial charge is 0.392 e. The summed E-state index contributed by atoms with van der Waals surface area (Å²) in [4.78, 5) is 2.74. The highest BCUT2D eigenvalue weighted by atomic mass is 32.1. The SMILES string of the molecule is CCC(CC)C(O)CNCc1cc(C)sc1C. The Labute approximate surface area is 109 Å². The van der Waals surface area contributed by atoms with Crippen LogP contribution in [-0.2, 0) is 6.54 Å². The van der Waals surface area contributed by atoms with Gasteiger partial charge in [-0.25, -0.2) is 0 Å². The highest BCUT2D eigenvalue weighted by Gasteiger charge is 2.14. The van der Waals surface area contributed by atoms with Gasteiger partial charge in [0.1, 0.15) is 0 Å². The summed E-state index contributed by atoms with van der Waals surface area (Å²) < 4.78 is 0. The molecule has 1 atom stereocenters. The Bertz CT molecular complexity index is 331. The van der Waals surface area contributed by atoms with E-state index in [-0.39, 0.29) is 6.10 Å². The summed E-state index contributed by atoms with van der Waals surface area (Å²) in [6.45, 7) is 10.1. The first-order valence-electron chi connectivity index (χ1n) is 6.53. The van der Waals surface area contributed by atoms with Gasteiger partial charge in [0.25, 0.3) is 0 Å². The summed E-state index contributed by atoms with van der Waals surface area (Å²) in [5.74, 6) is 0.424. The van der Waals surface area contributed by atoms with Crippen LogP contribution in [0.5, 0.6) is 0 Å². The summed E-state index contributed by atoms with van der Waals surface area (Å²) in [5.41, 5.74) is 1.37. The number of rotatable bonds is 7. The first-order valence-corrected chi connectivity index (χ1v) is 7.34. The number of hydrogen-bond acceptors (Lipinski definition) is 3. The van der Waals surface area contributed by atoms with Crippen LogP contribution in [0.25, 0.3) is 0 Å². The lowest BCUT2D eigenvalue weighted by atomic mass is 9.96. The molecule has 0 spiro atoms. The van der Waals surface area contributed by atoms with Crippen LogP contribution in [0.3, 0.4) is 0 Å². The van der Waals surface area contributed by atoms with E-state index in [0.29, 0.717) is 12.5 Å². The molecule has 3 heteroatoms. The molecular weight excluding hydrogens is 230 g/mol. The molecule has 0 radical (unpaired) electrons. The van der Waals surface area contributed by atoms with Crippen molar-refractivity contribution in [3.05, 3.63) is 21.4 Å². The Morgan fingerprint density at radius 1 is 1.29 bits per heavy atom. The number of aryl methyl sites for hydroxylation is 2. The predicted molar refractivity (Wildman–Crippen MR) is 75.6 cm³/mol. The van der Waals surface area contributed by atoms with Crippen LogP contribution in [0, 0.1) is 19.8 Å². The minimum atomic E-state index is -0.218. The Morgan fingerprint density at radius 3 is 2.41 bits per heavy atom. The standard InChI is InChI=1S/C14H25NOS/c1-5-12(6-2)14(16)9-15-8-13-7-10(3)17-11(13)4/h7,12,14-16H,5-6,8-9H2,1-4H3. The van der Waals surface area contributed by atoms with E-state index in [0.717, 1.165) is 19.4 Å². The fourth-order valence-corrected chi connectivity index (χ4v) is 3.16. The molecule has 1 aromatic rings. The third kappa shape index (κ3) is 4.41. The van der Waals surface area contributed by atoms with Crippen molar-refractivity contribution in [3.63, 3.8) is 0 Å². The second kappa shape index (κ2) is 7.14. The van der Waals surface area contributed by atoms with Gasteiger partial charge in [0.05, 0.1) is 6.10 Å². The van der Waals surface area contributed by atoms with Crippen LogP contribution in [0.1, 0.15) is 42.0 Å². The van der Waals surface area contributed by atoms with Gasteiger partial charge in [-0.1, -0.05) is 26.7 Å². The van der Waals surface area contributed by atoms with Crippen molar-refractivity contribution >= 4 is 11.3 Å². The van der Waals surface area contributed by atoms with Gasteiger partial charge in [-0.3, -0.25) is 0 Å². The fourth-order valence-electron chi connectivity index (χ4n) is 2.21. The number of hydrogen-bond donors (Lipinski definition) is 2. The van der Waals surface area contributed by atoms with E-state index in [1.165, 1.54) is 15.3 Å². The lowest BCUT2D eigenvalue weighted by Crippen LogP contribution is -2.32. The van der Waals surface area contributed by atoms with Gasteiger partial charge >= 0.3 is 0 Å². The molecule has 0 aliphatic carbocycles. The third-order valence-corrected chi connectivity index (χ3v) is 4.41. The minimum Gasteiger partial charge on any atom is -0.392 e. The molecule has 2 nitrogen and oxygen atoms in total. The molecule has 1 aromatic heterocycles. The van der Waals surface area contributed by atoms with Crippen LogP contribution >= 0.6 is 11.3 Å². The van der Waals surface area contributed by atoms with Crippen LogP contribution in [0.2, 0.25) is 0 Å². The predicted octanol–water partition coefficient (Wildman–Crippen LogP) is 3.25. The van der Waals surface area contributed by atoms with Gasteiger partial charge in [-0.05, 0) is 31.4 Å². The molecule has 1 heterocycles. The van der Waals surface area contributed by atoms with Gasteiger partial charge in [0, 0.05) is 22.8 Å². The van der Waals surface area contributed by atoms with Gasteiger partial charge < -0.3 is 10.4 Å². The van der Waals surface area contributed by atoms with Gasteiger partial charge in [-0.15, -0.1) is 11.3 Å². The van der Waals surface area contributed by atoms with E-state index < -0.39 is 0 Å². The van der Waals surface area contributed by atoms with Gasteiger partial charge in [0.2, 0.25) is 0 Å². The Morgan fingerprint density at radius 2 is 1.94 bits per heavy atom. The first-order chi connectivity index (χ1) is 8.08. The molecule has 0 aliphatic heterocycles. The number of aliphatic hydroxyl groups is 1. The molecule has 0 aromatic carbocycles. The lowest BCUT2D eigenvalue weighted by molar-refractivity contribution is 0.101. The molecule has 17 heavy (non-hydrogen) atoms. The second-order valence-corrected chi connectivity index (χ2v) is 6.17. The van der Waals surface area contributed by atoms with Gasteiger partial charge in [-0.2, -0.15) is 0 Å². The van der Waals surface area contributed by atoms with Crippen LogP contribution < -0.4 is 5.32 Å². The van der Waals surface area contributed by atoms with Crippen LogP contribution in [0.15, 0.2) is 6.07 Å². The smallest absolute Gasteiger partial charge is 0.0692 e. The molecule has 0 fully saturated rings. The van der Waals surface area contributed by atoms with Crippen LogP contribution in [-0.4, -0.2) is 17.8 Å². The summed E-state index contributed by atoms with van der Waals surface area (Å²) in [7, 11) is 0. The molecule has 1 rings (SSSR count). The highest BCUT2D eigenvalue weighted by Crippen LogP contribution is 2.20. The molecule has 0 saturated carbocycles. The molecule has 1 unspecified atom stereocenters. The van der Waals surface area contributed by atoms with E-state index >= 15 is 0 Å². The van der Waals surface area contributed by atoms with Crippen molar-refractivity contribution in [2.75, 3.05) is 6.54 Å². The number of nitrogens with one attached hydrogen (secondary N) is 1.